The highest BCUT2D eigenvalue weighted by Gasteiger charge is 2.45. The lowest BCUT2D eigenvalue weighted by Gasteiger charge is -2.33. The molecule has 0 aromatic heterocycles. The zero-order valence-corrected chi connectivity index (χ0v) is 16.9. The average molecular weight is 375 g/mol. The Morgan fingerprint density at radius 3 is 2.56 bits per heavy atom. The molecular weight excluding hydrogens is 340 g/mol. The molecule has 1 aromatic rings. The molecule has 1 aliphatic heterocycles. The number of hydrogen-bond donors (Lipinski definition) is 1. The zero-order valence-electron chi connectivity index (χ0n) is 16.9. The van der Waals surface area contributed by atoms with Gasteiger partial charge in [-0.05, 0) is 23.8 Å². The fourth-order valence-electron chi connectivity index (χ4n) is 3.73. The van der Waals surface area contributed by atoms with E-state index in [1.165, 1.54) is 6.42 Å². The Kier molecular flexibility index (Phi) is 6.74. The van der Waals surface area contributed by atoms with E-state index in [1.807, 2.05) is 36.4 Å². The van der Waals surface area contributed by atoms with Crippen LogP contribution in [0.5, 0.6) is 0 Å². The van der Waals surface area contributed by atoms with E-state index in [2.05, 4.69) is 26.8 Å². The van der Waals surface area contributed by atoms with Crippen LogP contribution >= 0.6 is 0 Å². The lowest BCUT2D eigenvalue weighted by atomic mass is 9.94. The number of hydrogen-bond acceptors (Lipinski definition) is 4. The molecule has 4 nitrogen and oxygen atoms in total. The van der Waals surface area contributed by atoms with Crippen molar-refractivity contribution in [3.8, 4) is 0 Å². The molecule has 0 bridgehead atoms. The smallest absolute Gasteiger partial charge is 0.169 e. The standard InChI is InChI=1S/C23H34O4/c1-22(2,3)15-12-19(25-16-18-10-6-4-7-11-18)21(24)20-17-26-23(27-20)13-8-5-9-14-23/h4,6-7,10-12,15,19-21,24H,5,8-9,13-14,16-17H2,1-3H3/b15-12+/t19-,20-,21+/m1/s1. The molecule has 1 spiro atoms. The van der Waals surface area contributed by atoms with Gasteiger partial charge in [-0.15, -0.1) is 0 Å². The molecule has 2 fully saturated rings. The maximum Gasteiger partial charge on any atom is 0.169 e. The van der Waals surface area contributed by atoms with Crippen molar-refractivity contribution >= 4 is 0 Å². The zero-order chi connectivity index (χ0) is 19.3. The van der Waals surface area contributed by atoms with Crippen LogP contribution in [0, 0.1) is 5.41 Å². The van der Waals surface area contributed by atoms with Gasteiger partial charge in [-0.2, -0.15) is 0 Å². The molecule has 1 aromatic carbocycles. The SMILES string of the molecule is CC(C)(C)/C=C/[C@@H](OCc1ccccc1)[C@H](O)[C@H]1COC2(CCCCC2)O1. The predicted molar refractivity (Wildman–Crippen MR) is 106 cm³/mol. The van der Waals surface area contributed by atoms with Gasteiger partial charge in [-0.3, -0.25) is 0 Å². The van der Waals surface area contributed by atoms with Gasteiger partial charge in [-0.1, -0.05) is 69.7 Å². The molecule has 27 heavy (non-hydrogen) atoms. The van der Waals surface area contributed by atoms with E-state index in [9.17, 15) is 5.11 Å². The Morgan fingerprint density at radius 2 is 1.89 bits per heavy atom. The lowest BCUT2D eigenvalue weighted by Crippen LogP contribution is -2.41. The van der Waals surface area contributed by atoms with Crippen molar-refractivity contribution in [2.45, 2.75) is 83.6 Å². The normalized spacial score (nSPS) is 25.1. The van der Waals surface area contributed by atoms with Gasteiger partial charge in [0.05, 0.1) is 13.2 Å². The molecule has 1 N–H and O–H groups in total. The predicted octanol–water partition coefficient (Wildman–Crippen LogP) is 4.61. The van der Waals surface area contributed by atoms with Crippen LogP contribution in [0.25, 0.3) is 0 Å². The molecule has 2 aliphatic rings. The number of benzene rings is 1. The lowest BCUT2D eigenvalue weighted by molar-refractivity contribution is -0.201. The Balaban J connectivity index is 1.66. The van der Waals surface area contributed by atoms with Gasteiger partial charge in [-0.25, -0.2) is 0 Å². The first kappa shape index (κ1) is 20.5. The molecule has 150 valence electrons. The van der Waals surface area contributed by atoms with Crippen LogP contribution in [0.1, 0.15) is 58.4 Å². The summed E-state index contributed by atoms with van der Waals surface area (Å²) in [5.41, 5.74) is 1.11. The molecule has 1 saturated heterocycles. The van der Waals surface area contributed by atoms with Crippen molar-refractivity contribution in [1.82, 2.24) is 0 Å². The Labute approximate surface area is 163 Å². The van der Waals surface area contributed by atoms with Crippen molar-refractivity contribution in [3.05, 3.63) is 48.0 Å². The topological polar surface area (TPSA) is 47.9 Å². The molecule has 0 unspecified atom stereocenters. The summed E-state index contributed by atoms with van der Waals surface area (Å²) in [7, 11) is 0. The first-order valence-electron chi connectivity index (χ1n) is 10.2. The van der Waals surface area contributed by atoms with Crippen LogP contribution in [0.3, 0.4) is 0 Å². The second kappa shape index (κ2) is 8.87. The molecule has 1 heterocycles. The summed E-state index contributed by atoms with van der Waals surface area (Å²) in [5, 5.41) is 11.0. The first-order valence-corrected chi connectivity index (χ1v) is 10.2. The van der Waals surface area contributed by atoms with Gasteiger partial charge in [0.1, 0.15) is 18.3 Å². The van der Waals surface area contributed by atoms with Crippen molar-refractivity contribution < 1.29 is 19.3 Å². The van der Waals surface area contributed by atoms with Crippen LogP contribution in [-0.2, 0) is 20.8 Å². The summed E-state index contributed by atoms with van der Waals surface area (Å²) in [4.78, 5) is 0. The summed E-state index contributed by atoms with van der Waals surface area (Å²) in [6.45, 7) is 7.29. The first-order chi connectivity index (χ1) is 12.9. The minimum atomic E-state index is -0.756. The number of aliphatic hydroxyl groups is 1. The van der Waals surface area contributed by atoms with Gasteiger partial charge in [0.25, 0.3) is 0 Å². The van der Waals surface area contributed by atoms with E-state index in [0.717, 1.165) is 31.2 Å². The van der Waals surface area contributed by atoms with Gasteiger partial charge in [0.2, 0.25) is 0 Å². The third-order valence-corrected chi connectivity index (χ3v) is 5.28. The van der Waals surface area contributed by atoms with Crippen LogP contribution in [0.2, 0.25) is 0 Å². The highest BCUT2D eigenvalue weighted by Crippen LogP contribution is 2.39. The third kappa shape index (κ3) is 5.89. The second-order valence-corrected chi connectivity index (χ2v) is 8.92. The Morgan fingerprint density at radius 1 is 1.19 bits per heavy atom. The van der Waals surface area contributed by atoms with E-state index in [-0.39, 0.29) is 11.5 Å². The third-order valence-electron chi connectivity index (χ3n) is 5.28. The van der Waals surface area contributed by atoms with Crippen LogP contribution in [-0.4, -0.2) is 35.8 Å². The number of aliphatic hydroxyl groups excluding tert-OH is 1. The summed E-state index contributed by atoms with van der Waals surface area (Å²) in [6.07, 6.45) is 7.85. The molecule has 3 atom stereocenters. The monoisotopic (exact) mass is 374 g/mol. The number of rotatable bonds is 6. The van der Waals surface area contributed by atoms with E-state index in [4.69, 9.17) is 14.2 Å². The highest BCUT2D eigenvalue weighted by atomic mass is 16.7. The molecule has 1 saturated carbocycles. The number of allylic oxidation sites excluding steroid dienone is 1. The summed E-state index contributed by atoms with van der Waals surface area (Å²) in [6, 6.07) is 10.0. The van der Waals surface area contributed by atoms with Crippen LogP contribution in [0.4, 0.5) is 0 Å². The highest BCUT2D eigenvalue weighted by molar-refractivity contribution is 5.14. The minimum Gasteiger partial charge on any atom is -0.387 e. The van der Waals surface area contributed by atoms with Crippen molar-refractivity contribution in [3.63, 3.8) is 0 Å². The van der Waals surface area contributed by atoms with Gasteiger partial charge < -0.3 is 19.3 Å². The second-order valence-electron chi connectivity index (χ2n) is 8.92. The molecule has 0 amide bonds. The summed E-state index contributed by atoms with van der Waals surface area (Å²) >= 11 is 0. The quantitative estimate of drug-likeness (QED) is 0.739. The summed E-state index contributed by atoms with van der Waals surface area (Å²) < 4.78 is 18.3. The van der Waals surface area contributed by atoms with Crippen LogP contribution < -0.4 is 0 Å². The van der Waals surface area contributed by atoms with Crippen molar-refractivity contribution in [1.29, 1.82) is 0 Å². The van der Waals surface area contributed by atoms with Crippen molar-refractivity contribution in [2.24, 2.45) is 5.41 Å². The maximum atomic E-state index is 11.0. The minimum absolute atomic E-state index is 0.0195. The Hall–Kier alpha value is -1.20. The van der Waals surface area contributed by atoms with Crippen LogP contribution in [0.15, 0.2) is 42.5 Å². The van der Waals surface area contributed by atoms with Gasteiger partial charge >= 0.3 is 0 Å². The van der Waals surface area contributed by atoms with E-state index in [1.54, 1.807) is 0 Å². The van der Waals surface area contributed by atoms with E-state index >= 15 is 0 Å². The molecule has 4 heteroatoms. The molecule has 0 radical (unpaired) electrons. The summed E-state index contributed by atoms with van der Waals surface area (Å²) in [5.74, 6) is -0.485. The largest absolute Gasteiger partial charge is 0.387 e. The Bertz CT molecular complexity index is 599. The van der Waals surface area contributed by atoms with E-state index in [0.29, 0.717) is 13.2 Å². The molecular formula is C23H34O4. The van der Waals surface area contributed by atoms with Gasteiger partial charge in [0, 0.05) is 12.8 Å². The van der Waals surface area contributed by atoms with Crippen molar-refractivity contribution in [2.75, 3.05) is 6.61 Å². The molecule has 1 aliphatic carbocycles. The number of ether oxygens (including phenoxy) is 3. The van der Waals surface area contributed by atoms with Gasteiger partial charge in [0.15, 0.2) is 5.79 Å². The molecule has 3 rings (SSSR count). The fourth-order valence-corrected chi connectivity index (χ4v) is 3.73. The van der Waals surface area contributed by atoms with E-state index < -0.39 is 18.0 Å². The fraction of sp³-hybridized carbons (Fsp3) is 0.652. The average Bonchev–Trinajstić information content (AvgIpc) is 3.05. The maximum absolute atomic E-state index is 11.0.